The van der Waals surface area contributed by atoms with Gasteiger partial charge in [-0.2, -0.15) is 0 Å². The van der Waals surface area contributed by atoms with Gasteiger partial charge in [0.05, 0.1) is 5.54 Å². The smallest absolute Gasteiger partial charge is 0.242 e. The number of amides is 1. The molecule has 0 radical (unpaired) electrons. The van der Waals surface area contributed by atoms with Crippen molar-refractivity contribution in [2.75, 3.05) is 13.1 Å². The second kappa shape index (κ2) is 4.84. The van der Waals surface area contributed by atoms with Crippen molar-refractivity contribution in [2.24, 2.45) is 5.92 Å². The molecule has 102 valence electrons. The zero-order chi connectivity index (χ0) is 12.6. The van der Waals surface area contributed by atoms with Crippen LogP contribution in [-0.4, -0.2) is 35.5 Å². The summed E-state index contributed by atoms with van der Waals surface area (Å²) in [6, 6.07) is 0.562. The molecule has 0 spiro atoms. The first-order valence-corrected chi connectivity index (χ1v) is 7.77. The Bertz CT molecular complexity index is 322. The zero-order valence-electron chi connectivity index (χ0n) is 11.6. The van der Waals surface area contributed by atoms with Crippen LogP contribution in [0.15, 0.2) is 0 Å². The molecule has 3 aliphatic rings. The van der Waals surface area contributed by atoms with Crippen LogP contribution < -0.4 is 5.32 Å². The molecule has 2 saturated heterocycles. The van der Waals surface area contributed by atoms with E-state index in [0.29, 0.717) is 11.9 Å². The van der Waals surface area contributed by atoms with E-state index in [1.807, 2.05) is 0 Å². The fourth-order valence-electron chi connectivity index (χ4n) is 4.21. The Hall–Kier alpha value is -0.570. The summed E-state index contributed by atoms with van der Waals surface area (Å²) in [5.74, 6) is 1.19. The van der Waals surface area contributed by atoms with E-state index in [1.165, 1.54) is 44.9 Å². The van der Waals surface area contributed by atoms with E-state index in [2.05, 4.69) is 17.1 Å². The van der Waals surface area contributed by atoms with Gasteiger partial charge in [-0.15, -0.1) is 0 Å². The molecule has 2 aliphatic heterocycles. The van der Waals surface area contributed by atoms with Gasteiger partial charge >= 0.3 is 0 Å². The van der Waals surface area contributed by atoms with Crippen LogP contribution in [0, 0.1) is 5.92 Å². The molecule has 3 rings (SSSR count). The lowest BCUT2D eigenvalue weighted by Gasteiger charge is -2.40. The summed E-state index contributed by atoms with van der Waals surface area (Å²) in [7, 11) is 0. The van der Waals surface area contributed by atoms with Crippen LogP contribution in [0.25, 0.3) is 0 Å². The van der Waals surface area contributed by atoms with Crippen molar-refractivity contribution in [1.82, 2.24) is 10.2 Å². The molecular weight excluding hydrogens is 224 g/mol. The van der Waals surface area contributed by atoms with E-state index >= 15 is 0 Å². The van der Waals surface area contributed by atoms with Crippen LogP contribution in [0.3, 0.4) is 0 Å². The van der Waals surface area contributed by atoms with E-state index in [1.54, 1.807) is 0 Å². The van der Waals surface area contributed by atoms with Crippen LogP contribution in [0.1, 0.15) is 58.3 Å². The Morgan fingerprint density at radius 3 is 2.78 bits per heavy atom. The summed E-state index contributed by atoms with van der Waals surface area (Å²) < 4.78 is 0. The summed E-state index contributed by atoms with van der Waals surface area (Å²) in [5, 5.41) is 3.48. The normalized spacial score (nSPS) is 40.6. The second-order valence-electron chi connectivity index (χ2n) is 6.62. The standard InChI is InChI=1S/C15H26N2O/c1-15(9-4-5-10-16-15)14(18)17-11-8-12-6-2-3-7-13(12)17/h12-13,16H,2-11H2,1H3. The Kier molecular flexibility index (Phi) is 3.35. The first-order chi connectivity index (χ1) is 8.71. The number of hydrogen-bond acceptors (Lipinski definition) is 2. The molecule has 18 heavy (non-hydrogen) atoms. The van der Waals surface area contributed by atoms with Gasteiger partial charge in [-0.05, 0) is 57.9 Å². The average Bonchev–Trinajstić information content (AvgIpc) is 2.82. The van der Waals surface area contributed by atoms with Gasteiger partial charge in [0.1, 0.15) is 0 Å². The fourth-order valence-corrected chi connectivity index (χ4v) is 4.21. The van der Waals surface area contributed by atoms with E-state index < -0.39 is 0 Å². The number of carbonyl (C=O) groups is 1. The molecule has 3 atom stereocenters. The molecule has 0 aromatic rings. The molecule has 2 heterocycles. The maximum absolute atomic E-state index is 12.8. The molecule has 3 fully saturated rings. The van der Waals surface area contributed by atoms with Gasteiger partial charge in [-0.3, -0.25) is 4.79 Å². The third kappa shape index (κ3) is 2.07. The number of piperidine rings is 1. The monoisotopic (exact) mass is 250 g/mol. The lowest BCUT2D eigenvalue weighted by Crippen LogP contribution is -2.59. The molecule has 3 heteroatoms. The molecule has 1 N–H and O–H groups in total. The van der Waals surface area contributed by atoms with E-state index in [0.717, 1.165) is 25.4 Å². The van der Waals surface area contributed by atoms with Crippen molar-refractivity contribution < 1.29 is 4.79 Å². The number of nitrogens with zero attached hydrogens (tertiary/aromatic N) is 1. The first-order valence-electron chi connectivity index (χ1n) is 7.77. The summed E-state index contributed by atoms with van der Waals surface area (Å²) in [4.78, 5) is 15.1. The quantitative estimate of drug-likeness (QED) is 0.774. The highest BCUT2D eigenvalue weighted by atomic mass is 16.2. The van der Waals surface area contributed by atoms with Crippen molar-refractivity contribution in [2.45, 2.75) is 69.9 Å². The minimum Gasteiger partial charge on any atom is -0.338 e. The molecule has 0 aromatic heterocycles. The fraction of sp³-hybridized carbons (Fsp3) is 0.933. The van der Waals surface area contributed by atoms with Gasteiger partial charge in [0.25, 0.3) is 0 Å². The summed E-state index contributed by atoms with van der Waals surface area (Å²) in [6.07, 6.45) is 9.94. The number of carbonyl (C=O) groups excluding carboxylic acids is 1. The van der Waals surface area contributed by atoms with Crippen molar-refractivity contribution in [1.29, 1.82) is 0 Å². The number of nitrogens with one attached hydrogen (secondary N) is 1. The maximum Gasteiger partial charge on any atom is 0.242 e. The third-order valence-electron chi connectivity index (χ3n) is 5.36. The van der Waals surface area contributed by atoms with E-state index in [9.17, 15) is 4.79 Å². The topological polar surface area (TPSA) is 32.3 Å². The first kappa shape index (κ1) is 12.5. The van der Waals surface area contributed by atoms with E-state index in [4.69, 9.17) is 0 Å². The van der Waals surface area contributed by atoms with Gasteiger partial charge in [0.2, 0.25) is 5.91 Å². The third-order valence-corrected chi connectivity index (χ3v) is 5.36. The zero-order valence-corrected chi connectivity index (χ0v) is 11.6. The highest BCUT2D eigenvalue weighted by molar-refractivity contribution is 5.86. The highest BCUT2D eigenvalue weighted by Crippen LogP contribution is 2.37. The molecule has 0 bridgehead atoms. The number of likely N-dealkylation sites (tertiary alicyclic amines) is 1. The SMILES string of the molecule is CC1(C(=O)N2CCC3CCCCC32)CCCCN1. The molecule has 3 nitrogen and oxygen atoms in total. The molecule has 1 amide bonds. The van der Waals surface area contributed by atoms with Gasteiger partial charge in [-0.1, -0.05) is 12.8 Å². The molecule has 0 aromatic carbocycles. The number of rotatable bonds is 1. The van der Waals surface area contributed by atoms with Gasteiger partial charge in [-0.25, -0.2) is 0 Å². The van der Waals surface area contributed by atoms with Crippen molar-refractivity contribution >= 4 is 5.91 Å². The van der Waals surface area contributed by atoms with Crippen LogP contribution >= 0.6 is 0 Å². The average molecular weight is 250 g/mol. The van der Waals surface area contributed by atoms with Gasteiger partial charge in [0.15, 0.2) is 0 Å². The molecular formula is C15H26N2O. The van der Waals surface area contributed by atoms with Crippen molar-refractivity contribution in [3.63, 3.8) is 0 Å². The lowest BCUT2D eigenvalue weighted by molar-refractivity contribution is -0.140. The predicted octanol–water partition coefficient (Wildman–Crippen LogP) is 2.31. The number of fused-ring (bicyclic) bond motifs is 1. The van der Waals surface area contributed by atoms with Crippen molar-refractivity contribution in [3.05, 3.63) is 0 Å². The summed E-state index contributed by atoms with van der Waals surface area (Å²) >= 11 is 0. The number of hydrogen-bond donors (Lipinski definition) is 1. The second-order valence-corrected chi connectivity index (χ2v) is 6.62. The van der Waals surface area contributed by atoms with Crippen LogP contribution in [0.4, 0.5) is 0 Å². The molecule has 1 aliphatic carbocycles. The van der Waals surface area contributed by atoms with Crippen LogP contribution in [-0.2, 0) is 4.79 Å². The largest absolute Gasteiger partial charge is 0.338 e. The summed E-state index contributed by atoms with van der Waals surface area (Å²) in [5.41, 5.74) is -0.273. The Balaban J connectivity index is 1.72. The Morgan fingerprint density at radius 1 is 1.17 bits per heavy atom. The van der Waals surface area contributed by atoms with Gasteiger partial charge in [0, 0.05) is 12.6 Å². The van der Waals surface area contributed by atoms with Crippen LogP contribution in [0.5, 0.6) is 0 Å². The summed E-state index contributed by atoms with van der Waals surface area (Å²) in [6.45, 7) is 4.13. The minimum absolute atomic E-state index is 0.273. The predicted molar refractivity (Wildman–Crippen MR) is 72.3 cm³/mol. The minimum atomic E-state index is -0.273. The highest BCUT2D eigenvalue weighted by Gasteiger charge is 2.44. The molecule has 1 saturated carbocycles. The Labute approximate surface area is 110 Å². The van der Waals surface area contributed by atoms with E-state index in [-0.39, 0.29) is 5.54 Å². The van der Waals surface area contributed by atoms with Gasteiger partial charge < -0.3 is 10.2 Å². The molecule has 3 unspecified atom stereocenters. The lowest BCUT2D eigenvalue weighted by atomic mass is 9.84. The van der Waals surface area contributed by atoms with Crippen LogP contribution in [0.2, 0.25) is 0 Å². The van der Waals surface area contributed by atoms with Crippen molar-refractivity contribution in [3.8, 4) is 0 Å². The Morgan fingerprint density at radius 2 is 2.00 bits per heavy atom. The maximum atomic E-state index is 12.8.